The van der Waals surface area contributed by atoms with Crippen molar-refractivity contribution in [1.29, 1.82) is 0 Å². The number of carbonyl (C=O) groups excluding carboxylic acids is 1. The quantitative estimate of drug-likeness (QED) is 0.786. The van der Waals surface area contributed by atoms with Crippen molar-refractivity contribution in [2.75, 3.05) is 39.3 Å². The lowest BCUT2D eigenvalue weighted by Gasteiger charge is -2.34. The summed E-state index contributed by atoms with van der Waals surface area (Å²) in [7, 11) is 0. The predicted octanol–water partition coefficient (Wildman–Crippen LogP) is 0.686. The van der Waals surface area contributed by atoms with Gasteiger partial charge in [0, 0.05) is 50.2 Å². The Hall–Kier alpha value is -1.77. The van der Waals surface area contributed by atoms with Crippen molar-refractivity contribution in [3.05, 3.63) is 39.4 Å². The molecule has 7 nitrogen and oxygen atoms in total. The third kappa shape index (κ3) is 4.26. The molecule has 0 aliphatic carbocycles. The second-order valence-corrected chi connectivity index (χ2v) is 7.02. The average molecular weight is 409 g/mol. The Balaban J connectivity index is 1.62. The maximum atomic E-state index is 12.5. The van der Waals surface area contributed by atoms with E-state index in [4.69, 9.17) is 5.11 Å². The molecule has 0 atom stereocenters. The van der Waals surface area contributed by atoms with E-state index in [0.29, 0.717) is 37.1 Å². The van der Waals surface area contributed by atoms with Crippen molar-refractivity contribution in [3.63, 3.8) is 0 Å². The summed E-state index contributed by atoms with van der Waals surface area (Å²) >= 11 is 3.37. The first-order valence-corrected chi connectivity index (χ1v) is 9.13. The summed E-state index contributed by atoms with van der Waals surface area (Å²) in [5.41, 5.74) is 0.516. The van der Waals surface area contributed by atoms with Crippen LogP contribution in [0, 0.1) is 0 Å². The van der Waals surface area contributed by atoms with Crippen LogP contribution in [0.4, 0.5) is 0 Å². The largest absolute Gasteiger partial charge is 0.395 e. The molecule has 1 N–H and O–H groups in total. The lowest BCUT2D eigenvalue weighted by atomic mass is 10.2. The minimum absolute atomic E-state index is 0.0462. The van der Waals surface area contributed by atoms with Crippen LogP contribution in [-0.2, 0) is 11.3 Å². The van der Waals surface area contributed by atoms with Gasteiger partial charge in [-0.1, -0.05) is 15.9 Å². The summed E-state index contributed by atoms with van der Waals surface area (Å²) in [6, 6.07) is 5.39. The molecule has 1 amide bonds. The number of aryl methyl sites for hydroxylation is 1. The van der Waals surface area contributed by atoms with E-state index < -0.39 is 0 Å². The molecule has 0 unspecified atom stereocenters. The third-order valence-corrected chi connectivity index (χ3v) is 4.99. The number of rotatable bonds is 5. The Morgan fingerprint density at radius 1 is 1.20 bits per heavy atom. The molecule has 0 radical (unpaired) electrons. The fourth-order valence-corrected chi connectivity index (χ4v) is 3.39. The number of hydrogen-bond donors (Lipinski definition) is 1. The van der Waals surface area contributed by atoms with Gasteiger partial charge in [0.2, 0.25) is 5.91 Å². The highest BCUT2D eigenvalue weighted by atomic mass is 79.9. The molecule has 1 saturated heterocycles. The molecule has 0 bridgehead atoms. The topological polar surface area (TPSA) is 78.7 Å². The number of aromatic nitrogens is 2. The standard InChI is InChI=1S/C17H21BrN4O3/c18-13-1-2-15-14(11-13)17(25)22(12-19-15)4-3-16(24)21-7-5-20(6-8-21)9-10-23/h1-2,11-12,23H,3-10H2. The normalized spacial score (nSPS) is 15.7. The summed E-state index contributed by atoms with van der Waals surface area (Å²) in [6.07, 6.45) is 1.78. The number of aliphatic hydroxyl groups excluding tert-OH is 1. The molecular formula is C17H21BrN4O3. The summed E-state index contributed by atoms with van der Waals surface area (Å²) < 4.78 is 2.32. The van der Waals surface area contributed by atoms with Gasteiger partial charge in [0.1, 0.15) is 0 Å². The molecule has 1 aliphatic heterocycles. The Morgan fingerprint density at radius 2 is 1.96 bits per heavy atom. The minimum Gasteiger partial charge on any atom is -0.395 e. The number of fused-ring (bicyclic) bond motifs is 1. The monoisotopic (exact) mass is 408 g/mol. The van der Waals surface area contributed by atoms with Crippen LogP contribution in [0.3, 0.4) is 0 Å². The second-order valence-electron chi connectivity index (χ2n) is 6.10. The van der Waals surface area contributed by atoms with E-state index in [1.165, 1.54) is 10.9 Å². The van der Waals surface area contributed by atoms with E-state index in [9.17, 15) is 9.59 Å². The zero-order chi connectivity index (χ0) is 17.8. The molecule has 0 spiro atoms. The summed E-state index contributed by atoms with van der Waals surface area (Å²) in [5.74, 6) is 0.0462. The first-order chi connectivity index (χ1) is 12.1. The van der Waals surface area contributed by atoms with Crippen molar-refractivity contribution in [3.8, 4) is 0 Å². The van der Waals surface area contributed by atoms with Crippen LogP contribution in [0.15, 0.2) is 33.8 Å². The zero-order valence-corrected chi connectivity index (χ0v) is 15.5. The number of aliphatic hydroxyl groups is 1. The van der Waals surface area contributed by atoms with Gasteiger partial charge in [-0.2, -0.15) is 0 Å². The smallest absolute Gasteiger partial charge is 0.261 e. The van der Waals surface area contributed by atoms with Gasteiger partial charge in [-0.3, -0.25) is 19.1 Å². The molecule has 3 rings (SSSR count). The maximum Gasteiger partial charge on any atom is 0.261 e. The highest BCUT2D eigenvalue weighted by molar-refractivity contribution is 9.10. The number of hydrogen-bond acceptors (Lipinski definition) is 5. The van der Waals surface area contributed by atoms with Gasteiger partial charge in [-0.25, -0.2) is 4.98 Å². The van der Waals surface area contributed by atoms with Crippen LogP contribution in [0.25, 0.3) is 10.9 Å². The van der Waals surface area contributed by atoms with Crippen LogP contribution in [0.5, 0.6) is 0 Å². The maximum absolute atomic E-state index is 12.5. The molecule has 0 saturated carbocycles. The van der Waals surface area contributed by atoms with E-state index in [0.717, 1.165) is 17.6 Å². The van der Waals surface area contributed by atoms with Gasteiger partial charge >= 0.3 is 0 Å². The Labute approximate surface area is 154 Å². The van der Waals surface area contributed by atoms with E-state index in [1.54, 1.807) is 12.1 Å². The molecule has 2 aromatic rings. The molecule has 25 heavy (non-hydrogen) atoms. The van der Waals surface area contributed by atoms with Gasteiger partial charge in [0.05, 0.1) is 23.8 Å². The molecule has 1 aromatic carbocycles. The highest BCUT2D eigenvalue weighted by Gasteiger charge is 2.20. The Kier molecular flexibility index (Phi) is 5.82. The van der Waals surface area contributed by atoms with E-state index in [2.05, 4.69) is 25.8 Å². The Bertz CT molecular complexity index is 815. The van der Waals surface area contributed by atoms with Gasteiger partial charge in [0.25, 0.3) is 5.56 Å². The fraction of sp³-hybridized carbons (Fsp3) is 0.471. The van der Waals surface area contributed by atoms with Crippen LogP contribution < -0.4 is 5.56 Å². The second kappa shape index (κ2) is 8.07. The number of carbonyl (C=O) groups is 1. The molecule has 8 heteroatoms. The van der Waals surface area contributed by atoms with Gasteiger partial charge in [0.15, 0.2) is 0 Å². The van der Waals surface area contributed by atoms with Crippen molar-refractivity contribution in [1.82, 2.24) is 19.4 Å². The molecule has 134 valence electrons. The molecule has 2 heterocycles. The third-order valence-electron chi connectivity index (χ3n) is 4.49. The van der Waals surface area contributed by atoms with E-state index in [1.807, 2.05) is 11.0 Å². The highest BCUT2D eigenvalue weighted by Crippen LogP contribution is 2.15. The summed E-state index contributed by atoms with van der Waals surface area (Å²) in [4.78, 5) is 33.2. The van der Waals surface area contributed by atoms with Gasteiger partial charge in [-0.05, 0) is 18.2 Å². The average Bonchev–Trinajstić information content (AvgIpc) is 2.62. The van der Waals surface area contributed by atoms with E-state index >= 15 is 0 Å². The molecular weight excluding hydrogens is 388 g/mol. The Morgan fingerprint density at radius 3 is 2.68 bits per heavy atom. The van der Waals surface area contributed by atoms with Gasteiger partial charge < -0.3 is 10.0 Å². The molecule has 1 aromatic heterocycles. The van der Waals surface area contributed by atoms with Crippen molar-refractivity contribution in [2.45, 2.75) is 13.0 Å². The number of β-amino-alcohol motifs (C(OH)–C–C–N with tert-alkyl or cyclic N) is 1. The van der Waals surface area contributed by atoms with Crippen LogP contribution in [0.2, 0.25) is 0 Å². The number of amides is 1. The van der Waals surface area contributed by atoms with Crippen LogP contribution in [-0.4, -0.2) is 69.7 Å². The first kappa shape index (κ1) is 18.0. The van der Waals surface area contributed by atoms with Crippen LogP contribution >= 0.6 is 15.9 Å². The molecule has 1 fully saturated rings. The number of halogens is 1. The van der Waals surface area contributed by atoms with Crippen molar-refractivity contribution >= 4 is 32.7 Å². The summed E-state index contributed by atoms with van der Waals surface area (Å²) in [6.45, 7) is 3.99. The lowest BCUT2D eigenvalue weighted by molar-refractivity contribution is -0.133. The predicted molar refractivity (Wildman–Crippen MR) is 98.4 cm³/mol. The fourth-order valence-electron chi connectivity index (χ4n) is 3.03. The van der Waals surface area contributed by atoms with Crippen LogP contribution in [0.1, 0.15) is 6.42 Å². The van der Waals surface area contributed by atoms with Crippen molar-refractivity contribution < 1.29 is 9.90 Å². The van der Waals surface area contributed by atoms with E-state index in [-0.39, 0.29) is 24.5 Å². The summed E-state index contributed by atoms with van der Waals surface area (Å²) in [5, 5.41) is 9.50. The number of benzene rings is 1. The first-order valence-electron chi connectivity index (χ1n) is 8.34. The SMILES string of the molecule is O=C(CCn1cnc2ccc(Br)cc2c1=O)N1CCN(CCO)CC1. The van der Waals surface area contributed by atoms with Crippen molar-refractivity contribution in [2.24, 2.45) is 0 Å². The zero-order valence-electron chi connectivity index (χ0n) is 13.9. The number of piperazine rings is 1. The lowest BCUT2D eigenvalue weighted by Crippen LogP contribution is -2.49. The minimum atomic E-state index is -0.133. The molecule has 1 aliphatic rings. The van der Waals surface area contributed by atoms with Gasteiger partial charge in [-0.15, -0.1) is 0 Å². The number of nitrogens with zero attached hydrogens (tertiary/aromatic N) is 4.